The Hall–Kier alpha value is -2.91. The maximum absolute atomic E-state index is 9.63. The third kappa shape index (κ3) is 5.75. The van der Waals surface area contributed by atoms with Crippen LogP contribution in [0.1, 0.15) is 81.8 Å². The van der Waals surface area contributed by atoms with E-state index in [1.54, 1.807) is 11.1 Å². The Morgan fingerprint density at radius 1 is 1.15 bits per heavy atom. The van der Waals surface area contributed by atoms with Crippen molar-refractivity contribution in [3.8, 4) is 6.07 Å². The lowest BCUT2D eigenvalue weighted by atomic mass is 9.62. The third-order valence-corrected chi connectivity index (χ3v) is 10.8. The lowest BCUT2D eigenvalue weighted by Gasteiger charge is -2.45. The van der Waals surface area contributed by atoms with Crippen molar-refractivity contribution in [2.24, 2.45) is 11.3 Å². The van der Waals surface area contributed by atoms with Crippen molar-refractivity contribution in [3.05, 3.63) is 65.3 Å². The molecule has 6 nitrogen and oxygen atoms in total. The molecule has 2 aliphatic heterocycles. The SMILES string of the molecule is C=CC(=C)N1CCN(c2nc(CCC3CC(C)CN3C)nc3c2CCC2(CCC4=C(C=CCC4)C2)C3)CC1CC#N. The molecular formula is C35H48N6. The molecule has 4 unspecified atom stereocenters. The number of nitriles is 1. The van der Waals surface area contributed by atoms with Gasteiger partial charge in [0.1, 0.15) is 11.6 Å². The Bertz CT molecular complexity index is 1290. The van der Waals surface area contributed by atoms with Crippen molar-refractivity contribution in [1.82, 2.24) is 19.8 Å². The van der Waals surface area contributed by atoms with Gasteiger partial charge in [-0.05, 0) is 94.2 Å². The Labute approximate surface area is 247 Å². The molecule has 6 heteroatoms. The molecule has 3 aliphatic carbocycles. The summed E-state index contributed by atoms with van der Waals surface area (Å²) >= 11 is 0. The number of aryl methyl sites for hydroxylation is 1. The van der Waals surface area contributed by atoms with Crippen molar-refractivity contribution in [1.29, 1.82) is 5.26 Å². The number of hydrogen-bond donors (Lipinski definition) is 0. The van der Waals surface area contributed by atoms with Gasteiger partial charge in [0.2, 0.25) is 0 Å². The minimum absolute atomic E-state index is 0.0960. The highest BCUT2D eigenvalue weighted by Crippen LogP contribution is 2.50. The van der Waals surface area contributed by atoms with E-state index in [-0.39, 0.29) is 6.04 Å². The van der Waals surface area contributed by atoms with E-state index in [1.807, 2.05) is 6.08 Å². The summed E-state index contributed by atoms with van der Waals surface area (Å²) in [6.07, 6.45) is 20.0. The molecule has 1 aromatic heterocycles. The summed E-state index contributed by atoms with van der Waals surface area (Å²) in [5.41, 5.74) is 7.26. The van der Waals surface area contributed by atoms with Crippen molar-refractivity contribution in [2.75, 3.05) is 38.1 Å². The van der Waals surface area contributed by atoms with Gasteiger partial charge in [-0.25, -0.2) is 9.97 Å². The van der Waals surface area contributed by atoms with E-state index >= 15 is 0 Å². The topological polar surface area (TPSA) is 59.3 Å². The number of hydrogen-bond acceptors (Lipinski definition) is 6. The van der Waals surface area contributed by atoms with Crippen LogP contribution in [-0.2, 0) is 19.3 Å². The Morgan fingerprint density at radius 2 is 2.00 bits per heavy atom. The molecule has 218 valence electrons. The van der Waals surface area contributed by atoms with Gasteiger partial charge in [0.25, 0.3) is 0 Å². The molecular weight excluding hydrogens is 504 g/mol. The fraction of sp³-hybridized carbons (Fsp3) is 0.629. The molecule has 1 spiro atoms. The van der Waals surface area contributed by atoms with Crippen LogP contribution in [0.4, 0.5) is 5.82 Å². The van der Waals surface area contributed by atoms with Crippen LogP contribution in [0.3, 0.4) is 0 Å². The summed E-state index contributed by atoms with van der Waals surface area (Å²) in [5.74, 6) is 2.93. The number of piperazine rings is 1. The maximum Gasteiger partial charge on any atom is 0.135 e. The van der Waals surface area contributed by atoms with Crippen LogP contribution in [0.5, 0.6) is 0 Å². The van der Waals surface area contributed by atoms with Gasteiger partial charge in [-0.1, -0.05) is 37.8 Å². The fourth-order valence-corrected chi connectivity index (χ4v) is 8.50. The predicted octanol–water partition coefficient (Wildman–Crippen LogP) is 6.16. The molecule has 41 heavy (non-hydrogen) atoms. The van der Waals surface area contributed by atoms with Crippen LogP contribution in [0.15, 0.2) is 48.2 Å². The quantitative estimate of drug-likeness (QED) is 0.378. The monoisotopic (exact) mass is 552 g/mol. The number of anilines is 1. The zero-order valence-corrected chi connectivity index (χ0v) is 25.4. The molecule has 2 fully saturated rings. The first kappa shape index (κ1) is 28.2. The first-order valence-electron chi connectivity index (χ1n) is 16.0. The van der Waals surface area contributed by atoms with Gasteiger partial charge in [0.15, 0.2) is 0 Å². The summed E-state index contributed by atoms with van der Waals surface area (Å²) < 4.78 is 0. The fourth-order valence-electron chi connectivity index (χ4n) is 8.50. The second kappa shape index (κ2) is 11.8. The first-order valence-corrected chi connectivity index (χ1v) is 16.0. The predicted molar refractivity (Wildman–Crippen MR) is 167 cm³/mol. The summed E-state index contributed by atoms with van der Waals surface area (Å²) in [6, 6.07) is 3.14. The van der Waals surface area contributed by atoms with Crippen LogP contribution < -0.4 is 4.90 Å². The Balaban J connectivity index is 1.29. The largest absolute Gasteiger partial charge is 0.364 e. The lowest BCUT2D eigenvalue weighted by molar-refractivity contribution is 0.206. The van der Waals surface area contributed by atoms with Crippen LogP contribution >= 0.6 is 0 Å². The molecule has 0 N–H and O–H groups in total. The van der Waals surface area contributed by atoms with E-state index in [1.165, 1.54) is 62.7 Å². The standard InChI is InChI=1S/C35H48N6/c1-5-26(3)41-19-18-40(24-30(41)14-17-36)34-31-13-16-35(15-12-27-8-6-7-9-28(27)21-35)22-32(31)37-33(38-34)11-10-29-20-25(2)23-39(29)4/h5,7,9,25,29-30H,1,3,6,8,10-16,18-24H2,2,4H3. The van der Waals surface area contributed by atoms with Crippen LogP contribution in [0.25, 0.3) is 0 Å². The third-order valence-electron chi connectivity index (χ3n) is 10.8. The molecule has 0 radical (unpaired) electrons. The summed E-state index contributed by atoms with van der Waals surface area (Å²) in [6.45, 7) is 14.2. The van der Waals surface area contributed by atoms with Crippen LogP contribution in [0.2, 0.25) is 0 Å². The van der Waals surface area contributed by atoms with Gasteiger partial charge in [-0.3, -0.25) is 0 Å². The molecule has 4 atom stereocenters. The normalized spacial score (nSPS) is 29.8. The van der Waals surface area contributed by atoms with Crippen molar-refractivity contribution in [2.45, 2.75) is 96.1 Å². The first-order chi connectivity index (χ1) is 19.9. The number of rotatable bonds is 7. The van der Waals surface area contributed by atoms with Gasteiger partial charge >= 0.3 is 0 Å². The van der Waals surface area contributed by atoms with Crippen LogP contribution in [0, 0.1) is 22.7 Å². The summed E-state index contributed by atoms with van der Waals surface area (Å²) in [4.78, 5) is 17.9. The molecule has 0 amide bonds. The van der Waals surface area contributed by atoms with E-state index < -0.39 is 0 Å². The highest BCUT2D eigenvalue weighted by Gasteiger charge is 2.41. The van der Waals surface area contributed by atoms with Crippen molar-refractivity contribution in [3.63, 3.8) is 0 Å². The summed E-state index contributed by atoms with van der Waals surface area (Å²) in [7, 11) is 2.27. The smallest absolute Gasteiger partial charge is 0.135 e. The van der Waals surface area contributed by atoms with Gasteiger partial charge < -0.3 is 14.7 Å². The second-order valence-corrected chi connectivity index (χ2v) is 13.6. The Morgan fingerprint density at radius 3 is 2.78 bits per heavy atom. The minimum atomic E-state index is 0.0960. The van der Waals surface area contributed by atoms with Crippen molar-refractivity contribution < 1.29 is 0 Å². The van der Waals surface area contributed by atoms with Gasteiger partial charge in [0.05, 0.1) is 18.5 Å². The minimum Gasteiger partial charge on any atom is -0.364 e. The van der Waals surface area contributed by atoms with E-state index in [2.05, 4.69) is 60.1 Å². The van der Waals surface area contributed by atoms with Gasteiger partial charge in [-0.2, -0.15) is 5.26 Å². The van der Waals surface area contributed by atoms with E-state index in [9.17, 15) is 5.26 Å². The molecule has 3 heterocycles. The lowest BCUT2D eigenvalue weighted by Crippen LogP contribution is -2.53. The number of allylic oxidation sites excluding steroid dienone is 5. The maximum atomic E-state index is 9.63. The number of aromatic nitrogens is 2. The molecule has 2 saturated heterocycles. The molecule has 0 saturated carbocycles. The zero-order chi connectivity index (χ0) is 28.6. The average Bonchev–Trinajstić information content (AvgIpc) is 3.31. The molecule has 1 aromatic rings. The van der Waals surface area contributed by atoms with Crippen LogP contribution in [-0.4, -0.2) is 65.1 Å². The molecule has 5 aliphatic rings. The highest BCUT2D eigenvalue weighted by molar-refractivity contribution is 5.52. The Kier molecular flexibility index (Phi) is 8.10. The number of fused-ring (bicyclic) bond motifs is 1. The molecule has 0 aromatic carbocycles. The van der Waals surface area contributed by atoms with E-state index in [4.69, 9.17) is 9.97 Å². The summed E-state index contributed by atoms with van der Waals surface area (Å²) in [5, 5.41) is 9.63. The number of nitrogens with zero attached hydrogens (tertiary/aromatic N) is 6. The highest BCUT2D eigenvalue weighted by atomic mass is 15.3. The van der Waals surface area contributed by atoms with Gasteiger partial charge in [0, 0.05) is 55.6 Å². The van der Waals surface area contributed by atoms with Gasteiger partial charge in [-0.15, -0.1) is 0 Å². The molecule has 6 rings (SSSR count). The zero-order valence-electron chi connectivity index (χ0n) is 25.4. The second-order valence-electron chi connectivity index (χ2n) is 13.6. The van der Waals surface area contributed by atoms with Crippen molar-refractivity contribution >= 4 is 5.82 Å². The average molecular weight is 553 g/mol. The molecule has 0 bridgehead atoms. The van der Waals surface area contributed by atoms with E-state index in [0.29, 0.717) is 17.9 Å². The number of likely N-dealkylation sites (tertiary alicyclic amines) is 1. The van der Waals surface area contributed by atoms with E-state index in [0.717, 1.165) is 68.6 Å².